The number of rotatable bonds is 3. The van der Waals surface area contributed by atoms with E-state index >= 15 is 0 Å². The quantitative estimate of drug-likeness (QED) is 0.586. The van der Waals surface area contributed by atoms with Gasteiger partial charge >= 0.3 is 6.18 Å². The SMILES string of the molecule is CC/C(C)=C(C)/C=C\CC(F)(F)F. The molecule has 0 saturated heterocycles. The molecule has 0 aliphatic rings. The van der Waals surface area contributed by atoms with E-state index in [1.807, 2.05) is 20.8 Å². The highest BCUT2D eigenvalue weighted by Crippen LogP contribution is 2.20. The van der Waals surface area contributed by atoms with Crippen LogP contribution in [0, 0.1) is 0 Å². The number of alkyl halides is 3. The highest BCUT2D eigenvalue weighted by atomic mass is 19.4. The van der Waals surface area contributed by atoms with Gasteiger partial charge in [-0.2, -0.15) is 13.2 Å². The summed E-state index contributed by atoms with van der Waals surface area (Å²) in [6, 6.07) is 0. The zero-order chi connectivity index (χ0) is 10.5. The van der Waals surface area contributed by atoms with Gasteiger partial charge in [0.1, 0.15) is 0 Å². The van der Waals surface area contributed by atoms with E-state index in [0.29, 0.717) is 0 Å². The van der Waals surface area contributed by atoms with E-state index in [-0.39, 0.29) is 0 Å². The van der Waals surface area contributed by atoms with E-state index in [1.165, 1.54) is 6.08 Å². The maximum atomic E-state index is 11.7. The van der Waals surface area contributed by atoms with E-state index < -0.39 is 12.6 Å². The predicted molar refractivity (Wildman–Crippen MR) is 48.5 cm³/mol. The summed E-state index contributed by atoms with van der Waals surface area (Å²) < 4.78 is 35.2. The van der Waals surface area contributed by atoms with Crippen LogP contribution in [-0.2, 0) is 0 Å². The van der Waals surface area contributed by atoms with Crippen molar-refractivity contribution in [3.05, 3.63) is 23.3 Å². The molecule has 0 aromatic carbocycles. The first-order valence-electron chi connectivity index (χ1n) is 4.26. The molecule has 0 bridgehead atoms. The summed E-state index contributed by atoms with van der Waals surface area (Å²) >= 11 is 0. The van der Waals surface area contributed by atoms with Crippen molar-refractivity contribution in [2.24, 2.45) is 0 Å². The molecule has 0 heterocycles. The molecule has 0 spiro atoms. The largest absolute Gasteiger partial charge is 0.392 e. The minimum absolute atomic E-state index is 0.846. The smallest absolute Gasteiger partial charge is 0.171 e. The monoisotopic (exact) mass is 192 g/mol. The van der Waals surface area contributed by atoms with E-state index in [1.54, 1.807) is 0 Å². The van der Waals surface area contributed by atoms with Crippen LogP contribution >= 0.6 is 0 Å². The first-order valence-corrected chi connectivity index (χ1v) is 4.26. The molecule has 0 radical (unpaired) electrons. The fourth-order valence-corrected chi connectivity index (χ4v) is 0.790. The molecule has 13 heavy (non-hydrogen) atoms. The summed E-state index contributed by atoms with van der Waals surface area (Å²) in [5.74, 6) is 0. The highest BCUT2D eigenvalue weighted by Gasteiger charge is 2.24. The van der Waals surface area contributed by atoms with Crippen molar-refractivity contribution in [1.82, 2.24) is 0 Å². The Hall–Kier alpha value is -0.730. The topological polar surface area (TPSA) is 0 Å². The normalized spacial score (nSPS) is 14.9. The molecule has 0 nitrogen and oxygen atoms in total. The average Bonchev–Trinajstić information content (AvgIpc) is 2.00. The van der Waals surface area contributed by atoms with Gasteiger partial charge in [-0.15, -0.1) is 0 Å². The lowest BCUT2D eigenvalue weighted by atomic mass is 10.1. The van der Waals surface area contributed by atoms with Gasteiger partial charge in [0.15, 0.2) is 0 Å². The van der Waals surface area contributed by atoms with Crippen molar-refractivity contribution in [1.29, 1.82) is 0 Å². The number of halogens is 3. The Kier molecular flexibility index (Phi) is 4.81. The van der Waals surface area contributed by atoms with Gasteiger partial charge in [0.2, 0.25) is 0 Å². The van der Waals surface area contributed by atoms with Crippen molar-refractivity contribution in [3.63, 3.8) is 0 Å². The first-order chi connectivity index (χ1) is 5.87. The maximum absolute atomic E-state index is 11.7. The van der Waals surface area contributed by atoms with Crippen LogP contribution in [0.1, 0.15) is 33.6 Å². The minimum Gasteiger partial charge on any atom is -0.171 e. The molecule has 0 aromatic heterocycles. The molecule has 0 amide bonds. The molecule has 0 atom stereocenters. The van der Waals surface area contributed by atoms with Crippen LogP contribution in [0.5, 0.6) is 0 Å². The molecule has 3 heteroatoms. The van der Waals surface area contributed by atoms with E-state index in [4.69, 9.17) is 0 Å². The molecule has 0 aliphatic heterocycles. The summed E-state index contributed by atoms with van der Waals surface area (Å²) in [5.41, 5.74) is 2.05. The van der Waals surface area contributed by atoms with Crippen LogP contribution in [-0.4, -0.2) is 6.18 Å². The molecule has 0 aliphatic carbocycles. The lowest BCUT2D eigenvalue weighted by Crippen LogP contribution is -2.04. The summed E-state index contributed by atoms with van der Waals surface area (Å²) in [5, 5.41) is 0. The second-order valence-electron chi connectivity index (χ2n) is 3.04. The molecule has 76 valence electrons. The third-order valence-corrected chi connectivity index (χ3v) is 1.92. The summed E-state index contributed by atoms with van der Waals surface area (Å²) in [6.07, 6.45) is -1.36. The molecule has 0 unspecified atom stereocenters. The molecule has 0 aromatic rings. The van der Waals surface area contributed by atoms with Gasteiger partial charge in [0, 0.05) is 0 Å². The second kappa shape index (κ2) is 5.10. The number of hydrogen-bond acceptors (Lipinski definition) is 0. The molecular weight excluding hydrogens is 177 g/mol. The van der Waals surface area contributed by atoms with E-state index in [2.05, 4.69) is 0 Å². The van der Waals surface area contributed by atoms with Gasteiger partial charge in [-0.25, -0.2) is 0 Å². The Labute approximate surface area is 77.1 Å². The third-order valence-electron chi connectivity index (χ3n) is 1.92. The van der Waals surface area contributed by atoms with Crippen LogP contribution in [0.2, 0.25) is 0 Å². The van der Waals surface area contributed by atoms with Crippen LogP contribution in [0.4, 0.5) is 13.2 Å². The average molecular weight is 192 g/mol. The zero-order valence-electron chi connectivity index (χ0n) is 8.20. The van der Waals surface area contributed by atoms with Crippen molar-refractivity contribution >= 4 is 0 Å². The Morgan fingerprint density at radius 3 is 2.15 bits per heavy atom. The fourth-order valence-electron chi connectivity index (χ4n) is 0.790. The zero-order valence-corrected chi connectivity index (χ0v) is 8.20. The second-order valence-corrected chi connectivity index (χ2v) is 3.04. The summed E-state index contributed by atoms with van der Waals surface area (Å²) in [6.45, 7) is 5.73. The van der Waals surface area contributed by atoms with Crippen molar-refractivity contribution < 1.29 is 13.2 Å². The Balaban J connectivity index is 4.14. The van der Waals surface area contributed by atoms with Crippen molar-refractivity contribution in [3.8, 4) is 0 Å². The van der Waals surface area contributed by atoms with Gasteiger partial charge in [0.25, 0.3) is 0 Å². The molecule has 0 saturated carbocycles. The number of hydrogen-bond donors (Lipinski definition) is 0. The van der Waals surface area contributed by atoms with Gasteiger partial charge in [-0.05, 0) is 20.3 Å². The van der Waals surface area contributed by atoms with Gasteiger partial charge in [0.05, 0.1) is 6.42 Å². The van der Waals surface area contributed by atoms with Gasteiger partial charge in [-0.1, -0.05) is 30.2 Å². The Bertz CT molecular complexity index is 209. The van der Waals surface area contributed by atoms with Crippen LogP contribution < -0.4 is 0 Å². The third kappa shape index (κ3) is 6.43. The van der Waals surface area contributed by atoms with Gasteiger partial charge < -0.3 is 0 Å². The fraction of sp³-hybridized carbons (Fsp3) is 0.600. The Morgan fingerprint density at radius 2 is 1.77 bits per heavy atom. The predicted octanol–water partition coefficient (Wildman–Crippen LogP) is 4.24. The highest BCUT2D eigenvalue weighted by molar-refractivity contribution is 5.22. The molecule has 0 rings (SSSR count). The molecule has 0 fully saturated rings. The number of allylic oxidation sites excluding steroid dienone is 4. The lowest BCUT2D eigenvalue weighted by Gasteiger charge is -2.02. The van der Waals surface area contributed by atoms with E-state index in [0.717, 1.165) is 23.6 Å². The minimum atomic E-state index is -4.09. The van der Waals surface area contributed by atoms with Crippen molar-refractivity contribution in [2.45, 2.75) is 39.8 Å². The Morgan fingerprint density at radius 1 is 1.23 bits per heavy atom. The summed E-state index contributed by atoms with van der Waals surface area (Å²) in [4.78, 5) is 0. The van der Waals surface area contributed by atoms with Crippen LogP contribution in [0.25, 0.3) is 0 Å². The van der Waals surface area contributed by atoms with Gasteiger partial charge in [-0.3, -0.25) is 0 Å². The maximum Gasteiger partial charge on any atom is 0.392 e. The van der Waals surface area contributed by atoms with E-state index in [9.17, 15) is 13.2 Å². The van der Waals surface area contributed by atoms with Crippen LogP contribution in [0.3, 0.4) is 0 Å². The standard InChI is InChI=1S/C10H15F3/c1-4-8(2)9(3)6-5-7-10(11,12)13/h5-6H,4,7H2,1-3H3/b6-5-,9-8+. The molecule has 0 N–H and O–H groups in total. The lowest BCUT2D eigenvalue weighted by molar-refractivity contribution is -0.125. The van der Waals surface area contributed by atoms with Crippen LogP contribution in [0.15, 0.2) is 23.3 Å². The van der Waals surface area contributed by atoms with Crippen molar-refractivity contribution in [2.75, 3.05) is 0 Å². The first kappa shape index (κ1) is 12.3. The summed E-state index contributed by atoms with van der Waals surface area (Å²) in [7, 11) is 0. The molecular formula is C10H15F3.